The summed E-state index contributed by atoms with van der Waals surface area (Å²) in [4.78, 5) is 14.4. The fourth-order valence-electron chi connectivity index (χ4n) is 1.56. The summed E-state index contributed by atoms with van der Waals surface area (Å²) in [6.45, 7) is -0.0208. The first kappa shape index (κ1) is 15.8. The van der Waals surface area contributed by atoms with Gasteiger partial charge in [0, 0.05) is 21.1 Å². The lowest BCUT2D eigenvalue weighted by Crippen LogP contribution is -2.34. The number of amides is 1. The third kappa shape index (κ3) is 3.63. The van der Waals surface area contributed by atoms with Crippen LogP contribution in [0.4, 0.5) is 18.9 Å². The summed E-state index contributed by atoms with van der Waals surface area (Å²) in [6.07, 6.45) is -4.50. The van der Waals surface area contributed by atoms with E-state index in [4.69, 9.17) is 5.26 Å². The predicted molar refractivity (Wildman–Crippen MR) is 68.1 cm³/mol. The number of rotatable bonds is 3. The molecule has 0 spiro atoms. The number of benzene rings is 1. The van der Waals surface area contributed by atoms with Gasteiger partial charge in [0.25, 0.3) is 0 Å². The van der Waals surface area contributed by atoms with Crippen molar-refractivity contribution < 1.29 is 18.0 Å². The molecule has 1 rings (SSSR count). The van der Waals surface area contributed by atoms with E-state index >= 15 is 0 Å². The fourth-order valence-corrected chi connectivity index (χ4v) is 1.56. The van der Waals surface area contributed by atoms with Crippen LogP contribution in [0.2, 0.25) is 0 Å². The van der Waals surface area contributed by atoms with Gasteiger partial charge in [-0.3, -0.25) is 4.79 Å². The zero-order chi connectivity index (χ0) is 15.5. The average molecular weight is 285 g/mol. The summed E-state index contributed by atoms with van der Waals surface area (Å²) >= 11 is 0. The minimum absolute atomic E-state index is 0.0208. The number of nitrogens with zero attached hydrogens (tertiary/aromatic N) is 3. The lowest BCUT2D eigenvalue weighted by Gasteiger charge is -2.22. The fraction of sp³-hybridized carbons (Fsp3) is 0.385. The molecule has 0 radical (unpaired) electrons. The second-order valence-electron chi connectivity index (χ2n) is 4.49. The summed E-state index contributed by atoms with van der Waals surface area (Å²) in [6, 6.07) is 4.60. The van der Waals surface area contributed by atoms with E-state index in [1.807, 2.05) is 0 Å². The maximum Gasteiger partial charge on any atom is 0.416 e. The maximum absolute atomic E-state index is 12.6. The van der Waals surface area contributed by atoms with Gasteiger partial charge >= 0.3 is 6.18 Å². The van der Waals surface area contributed by atoms with Crippen LogP contribution in [0.5, 0.6) is 0 Å². The molecular formula is C13H14F3N3O. The van der Waals surface area contributed by atoms with Gasteiger partial charge in [0.2, 0.25) is 5.91 Å². The molecule has 0 aliphatic heterocycles. The highest BCUT2D eigenvalue weighted by atomic mass is 19.4. The lowest BCUT2D eigenvalue weighted by atomic mass is 10.1. The molecule has 0 unspecified atom stereocenters. The second kappa shape index (κ2) is 5.82. The Hall–Kier alpha value is -2.23. The molecule has 1 aromatic rings. The Morgan fingerprint density at radius 2 is 1.90 bits per heavy atom. The number of carbonyl (C=O) groups excluding carboxylic acids is 1. The minimum Gasteiger partial charge on any atom is -0.364 e. The summed E-state index contributed by atoms with van der Waals surface area (Å²) in [7, 11) is 4.70. The van der Waals surface area contributed by atoms with Crippen LogP contribution in [0.3, 0.4) is 0 Å². The van der Waals surface area contributed by atoms with Crippen molar-refractivity contribution in [2.45, 2.75) is 6.18 Å². The highest BCUT2D eigenvalue weighted by molar-refractivity contribution is 5.81. The largest absolute Gasteiger partial charge is 0.416 e. The third-order valence-electron chi connectivity index (χ3n) is 2.73. The number of carbonyl (C=O) groups is 1. The smallest absolute Gasteiger partial charge is 0.364 e. The predicted octanol–water partition coefficient (Wildman–Crippen LogP) is 2.10. The Kier molecular flexibility index (Phi) is 4.61. The molecule has 0 bridgehead atoms. The molecular weight excluding hydrogens is 271 g/mol. The molecule has 20 heavy (non-hydrogen) atoms. The summed E-state index contributed by atoms with van der Waals surface area (Å²) in [5, 5.41) is 8.96. The number of hydrogen-bond donors (Lipinski definition) is 0. The Morgan fingerprint density at radius 1 is 1.30 bits per heavy atom. The normalized spacial score (nSPS) is 10.8. The quantitative estimate of drug-likeness (QED) is 0.854. The van der Waals surface area contributed by atoms with Crippen LogP contribution in [-0.4, -0.2) is 38.5 Å². The second-order valence-corrected chi connectivity index (χ2v) is 4.49. The SMILES string of the molecule is CN(C)C(=O)CN(C)c1ccc(C(F)(F)F)cc1C#N. The van der Waals surface area contributed by atoms with Gasteiger partial charge in [-0.2, -0.15) is 18.4 Å². The molecule has 108 valence electrons. The molecule has 0 saturated heterocycles. The molecule has 4 nitrogen and oxygen atoms in total. The molecule has 0 N–H and O–H groups in total. The van der Waals surface area contributed by atoms with Gasteiger partial charge in [-0.1, -0.05) is 0 Å². The van der Waals surface area contributed by atoms with Crippen LogP contribution >= 0.6 is 0 Å². The van der Waals surface area contributed by atoms with E-state index in [0.717, 1.165) is 12.1 Å². The van der Waals surface area contributed by atoms with E-state index < -0.39 is 11.7 Å². The minimum atomic E-state index is -4.50. The number of halogens is 3. The van der Waals surface area contributed by atoms with Crippen molar-refractivity contribution in [1.82, 2.24) is 4.90 Å². The number of likely N-dealkylation sites (N-methyl/N-ethyl adjacent to an activating group) is 2. The summed E-state index contributed by atoms with van der Waals surface area (Å²) in [5.74, 6) is -0.212. The molecule has 0 aromatic heterocycles. The van der Waals surface area contributed by atoms with Crippen molar-refractivity contribution >= 4 is 11.6 Å². The van der Waals surface area contributed by atoms with Gasteiger partial charge in [-0.05, 0) is 18.2 Å². The molecule has 1 amide bonds. The molecule has 7 heteroatoms. The highest BCUT2D eigenvalue weighted by Gasteiger charge is 2.31. The van der Waals surface area contributed by atoms with Crippen LogP contribution in [0.1, 0.15) is 11.1 Å². The maximum atomic E-state index is 12.6. The molecule has 1 aromatic carbocycles. The van der Waals surface area contributed by atoms with E-state index in [2.05, 4.69) is 0 Å². The molecule has 0 heterocycles. The monoisotopic (exact) mass is 285 g/mol. The first-order valence-corrected chi connectivity index (χ1v) is 5.69. The molecule has 0 aliphatic rings. The van der Waals surface area contributed by atoms with Crippen LogP contribution in [0.25, 0.3) is 0 Å². The van der Waals surface area contributed by atoms with Gasteiger partial charge in [-0.25, -0.2) is 0 Å². The number of nitriles is 1. The van der Waals surface area contributed by atoms with E-state index in [9.17, 15) is 18.0 Å². The molecule has 0 atom stereocenters. The van der Waals surface area contributed by atoms with Crippen molar-refractivity contribution in [1.29, 1.82) is 5.26 Å². The average Bonchev–Trinajstić information content (AvgIpc) is 2.36. The van der Waals surface area contributed by atoms with Crippen LogP contribution < -0.4 is 4.90 Å². The molecule has 0 saturated carbocycles. The van der Waals surface area contributed by atoms with Crippen molar-refractivity contribution in [3.05, 3.63) is 29.3 Å². The van der Waals surface area contributed by atoms with Crippen molar-refractivity contribution in [2.24, 2.45) is 0 Å². The Bertz CT molecular complexity index is 547. The standard InChI is InChI=1S/C13H14F3N3O/c1-18(2)12(20)8-19(3)11-5-4-10(13(14,15)16)6-9(11)7-17/h4-6H,8H2,1-3H3. The number of alkyl halides is 3. The van der Waals surface area contributed by atoms with E-state index in [-0.39, 0.29) is 23.7 Å². The summed E-state index contributed by atoms with van der Waals surface area (Å²) in [5.41, 5.74) is -0.713. The third-order valence-corrected chi connectivity index (χ3v) is 2.73. The number of anilines is 1. The number of hydrogen-bond acceptors (Lipinski definition) is 3. The van der Waals surface area contributed by atoms with Gasteiger partial charge in [0.15, 0.2) is 0 Å². The van der Waals surface area contributed by atoms with Gasteiger partial charge < -0.3 is 9.80 Å². The van der Waals surface area contributed by atoms with Crippen molar-refractivity contribution in [3.8, 4) is 6.07 Å². The van der Waals surface area contributed by atoms with Crippen LogP contribution in [-0.2, 0) is 11.0 Å². The van der Waals surface area contributed by atoms with E-state index in [0.29, 0.717) is 0 Å². The zero-order valence-electron chi connectivity index (χ0n) is 11.3. The first-order valence-electron chi connectivity index (χ1n) is 5.69. The van der Waals surface area contributed by atoms with E-state index in [1.54, 1.807) is 27.2 Å². The van der Waals surface area contributed by atoms with E-state index in [1.165, 1.54) is 15.9 Å². The van der Waals surface area contributed by atoms with Crippen molar-refractivity contribution in [2.75, 3.05) is 32.6 Å². The lowest BCUT2D eigenvalue weighted by molar-refractivity contribution is -0.137. The Labute approximate surface area is 115 Å². The Balaban J connectivity index is 3.08. The zero-order valence-corrected chi connectivity index (χ0v) is 11.3. The van der Waals surface area contributed by atoms with Gasteiger partial charge in [0.1, 0.15) is 6.07 Å². The molecule has 0 fully saturated rings. The van der Waals surface area contributed by atoms with Crippen LogP contribution in [0.15, 0.2) is 18.2 Å². The summed E-state index contributed by atoms with van der Waals surface area (Å²) < 4.78 is 37.7. The topological polar surface area (TPSA) is 47.3 Å². The highest BCUT2D eigenvalue weighted by Crippen LogP contribution is 2.32. The Morgan fingerprint density at radius 3 is 2.35 bits per heavy atom. The van der Waals surface area contributed by atoms with Gasteiger partial charge in [0.05, 0.1) is 23.4 Å². The van der Waals surface area contributed by atoms with Crippen molar-refractivity contribution in [3.63, 3.8) is 0 Å². The molecule has 0 aliphatic carbocycles. The van der Waals surface area contributed by atoms with Gasteiger partial charge in [-0.15, -0.1) is 0 Å². The first-order chi connectivity index (χ1) is 9.16. The van der Waals surface area contributed by atoms with Crippen LogP contribution in [0, 0.1) is 11.3 Å².